The fourth-order valence-electron chi connectivity index (χ4n) is 7.41. The molecule has 0 unspecified atom stereocenters. The molecular formula is C49H31N3S. The first-order chi connectivity index (χ1) is 26.3. The van der Waals surface area contributed by atoms with Crippen LogP contribution in [0.5, 0.6) is 0 Å². The highest BCUT2D eigenvalue weighted by Gasteiger charge is 2.18. The number of hydrogen-bond donors (Lipinski definition) is 0. The zero-order valence-corrected chi connectivity index (χ0v) is 29.5. The Balaban J connectivity index is 1.16. The van der Waals surface area contributed by atoms with E-state index in [1.165, 1.54) is 47.8 Å². The van der Waals surface area contributed by atoms with Crippen molar-refractivity contribution in [1.82, 2.24) is 15.0 Å². The minimum Gasteiger partial charge on any atom is -0.208 e. The van der Waals surface area contributed by atoms with Crippen molar-refractivity contribution in [2.24, 2.45) is 0 Å². The van der Waals surface area contributed by atoms with Gasteiger partial charge < -0.3 is 0 Å². The normalized spacial score (nSPS) is 11.4. The predicted molar refractivity (Wildman–Crippen MR) is 223 cm³/mol. The van der Waals surface area contributed by atoms with E-state index in [1.807, 2.05) is 35.6 Å². The smallest absolute Gasteiger partial charge is 0.164 e. The van der Waals surface area contributed by atoms with E-state index in [1.54, 1.807) is 0 Å². The van der Waals surface area contributed by atoms with Gasteiger partial charge in [0.05, 0.1) is 0 Å². The maximum atomic E-state index is 5.21. The number of hydrogen-bond acceptors (Lipinski definition) is 4. The lowest BCUT2D eigenvalue weighted by molar-refractivity contribution is 1.08. The molecular weight excluding hydrogens is 663 g/mol. The monoisotopic (exact) mass is 693 g/mol. The summed E-state index contributed by atoms with van der Waals surface area (Å²) >= 11 is 1.81. The molecule has 53 heavy (non-hydrogen) atoms. The number of aromatic nitrogens is 3. The Morgan fingerprint density at radius 1 is 0.283 bits per heavy atom. The van der Waals surface area contributed by atoms with Gasteiger partial charge in [0.2, 0.25) is 0 Å². The summed E-state index contributed by atoms with van der Waals surface area (Å²) in [5.74, 6) is 1.96. The van der Waals surface area contributed by atoms with Gasteiger partial charge in [-0.2, -0.15) is 0 Å². The van der Waals surface area contributed by atoms with Crippen LogP contribution in [0.1, 0.15) is 0 Å². The van der Waals surface area contributed by atoms with Crippen molar-refractivity contribution in [2.75, 3.05) is 0 Å². The molecule has 0 radical (unpaired) electrons. The van der Waals surface area contributed by atoms with Gasteiger partial charge in [-0.15, -0.1) is 11.3 Å². The second-order valence-electron chi connectivity index (χ2n) is 13.2. The van der Waals surface area contributed by atoms with Gasteiger partial charge in [-0.25, -0.2) is 15.0 Å². The summed E-state index contributed by atoms with van der Waals surface area (Å²) in [4.78, 5) is 15.4. The third-order valence-electron chi connectivity index (χ3n) is 9.95. The van der Waals surface area contributed by atoms with Crippen LogP contribution in [0.15, 0.2) is 188 Å². The molecule has 10 aromatic rings. The Morgan fingerprint density at radius 3 is 1.55 bits per heavy atom. The van der Waals surface area contributed by atoms with E-state index >= 15 is 0 Å². The van der Waals surface area contributed by atoms with Crippen LogP contribution < -0.4 is 0 Å². The van der Waals surface area contributed by atoms with E-state index in [4.69, 9.17) is 15.0 Å². The Labute approximate surface area is 311 Å². The van der Waals surface area contributed by atoms with Crippen LogP contribution in [0.4, 0.5) is 0 Å². The number of nitrogens with zero attached hydrogens (tertiary/aromatic N) is 3. The minimum atomic E-state index is 0.647. The van der Waals surface area contributed by atoms with Crippen molar-refractivity contribution in [1.29, 1.82) is 0 Å². The molecule has 2 heterocycles. The molecule has 0 spiro atoms. The van der Waals surface area contributed by atoms with Gasteiger partial charge in [0.1, 0.15) is 0 Å². The number of benzene rings is 8. The van der Waals surface area contributed by atoms with Gasteiger partial charge >= 0.3 is 0 Å². The van der Waals surface area contributed by atoms with Gasteiger partial charge in [0.15, 0.2) is 17.5 Å². The minimum absolute atomic E-state index is 0.647. The number of thiophene rings is 1. The lowest BCUT2D eigenvalue weighted by Gasteiger charge is -2.13. The lowest BCUT2D eigenvalue weighted by Crippen LogP contribution is -2.00. The van der Waals surface area contributed by atoms with Crippen LogP contribution in [-0.2, 0) is 0 Å². The Hall–Kier alpha value is -6.75. The van der Waals surface area contributed by atoms with Crippen molar-refractivity contribution < 1.29 is 0 Å². The molecule has 248 valence electrons. The Bertz CT molecular complexity index is 2940. The van der Waals surface area contributed by atoms with E-state index in [-0.39, 0.29) is 0 Å². The molecule has 4 heteroatoms. The molecule has 3 nitrogen and oxygen atoms in total. The van der Waals surface area contributed by atoms with Gasteiger partial charge in [-0.3, -0.25) is 0 Å². The average molecular weight is 694 g/mol. The quantitative estimate of drug-likeness (QED) is 0.174. The van der Waals surface area contributed by atoms with E-state index in [9.17, 15) is 0 Å². The highest BCUT2D eigenvalue weighted by molar-refractivity contribution is 7.26. The van der Waals surface area contributed by atoms with Gasteiger partial charge in [0.25, 0.3) is 0 Å². The standard InChI is InChI=1S/C49H31N3S/c1-4-14-32(15-5-1)35-20-12-21-37(30-35)48-50-47(34-18-8-3-9-19-34)51-49(52-48)42-24-13-25-45-46(42)43-31-36(26-29-44(43)53-45)39-28-27-38(33-16-6-2-7-17-33)40-22-10-11-23-41(39)40/h1-31H. The highest BCUT2D eigenvalue weighted by Crippen LogP contribution is 2.43. The summed E-state index contributed by atoms with van der Waals surface area (Å²) in [7, 11) is 0. The highest BCUT2D eigenvalue weighted by atomic mass is 32.1. The molecule has 0 atom stereocenters. The Morgan fingerprint density at radius 2 is 0.830 bits per heavy atom. The predicted octanol–water partition coefficient (Wildman–Crippen LogP) is 13.4. The fraction of sp³-hybridized carbons (Fsp3) is 0. The Kier molecular flexibility index (Phi) is 7.67. The summed E-state index contributed by atoms with van der Waals surface area (Å²) in [6.45, 7) is 0. The summed E-state index contributed by atoms with van der Waals surface area (Å²) in [5, 5.41) is 4.84. The van der Waals surface area contributed by atoms with E-state index in [2.05, 4.69) is 164 Å². The van der Waals surface area contributed by atoms with Gasteiger partial charge in [0, 0.05) is 36.9 Å². The van der Waals surface area contributed by atoms with Gasteiger partial charge in [-0.1, -0.05) is 164 Å². The van der Waals surface area contributed by atoms with Crippen LogP contribution in [0, 0.1) is 0 Å². The van der Waals surface area contributed by atoms with Crippen LogP contribution in [-0.4, -0.2) is 15.0 Å². The van der Waals surface area contributed by atoms with Crippen LogP contribution in [0.2, 0.25) is 0 Å². The molecule has 0 bridgehead atoms. The molecule has 10 rings (SSSR count). The molecule has 0 saturated carbocycles. The van der Waals surface area contributed by atoms with Crippen molar-refractivity contribution in [3.05, 3.63) is 188 Å². The molecule has 0 fully saturated rings. The zero-order chi connectivity index (χ0) is 35.1. The first-order valence-corrected chi connectivity index (χ1v) is 18.6. The third kappa shape index (κ3) is 5.66. The number of rotatable bonds is 6. The second-order valence-corrected chi connectivity index (χ2v) is 14.3. The van der Waals surface area contributed by atoms with Crippen molar-refractivity contribution in [2.45, 2.75) is 0 Å². The molecule has 2 aromatic heterocycles. The first kappa shape index (κ1) is 31.0. The van der Waals surface area contributed by atoms with E-state index < -0.39 is 0 Å². The van der Waals surface area contributed by atoms with Crippen molar-refractivity contribution >= 4 is 42.3 Å². The van der Waals surface area contributed by atoms with Crippen LogP contribution in [0.3, 0.4) is 0 Å². The number of fused-ring (bicyclic) bond motifs is 4. The summed E-state index contributed by atoms with van der Waals surface area (Å²) in [6, 6.07) is 66.3. The molecule has 0 aliphatic rings. The van der Waals surface area contributed by atoms with Gasteiger partial charge in [-0.05, 0) is 68.4 Å². The van der Waals surface area contributed by atoms with E-state index in [0.717, 1.165) is 33.2 Å². The largest absolute Gasteiger partial charge is 0.208 e. The summed E-state index contributed by atoms with van der Waals surface area (Å²) in [5.41, 5.74) is 10.0. The topological polar surface area (TPSA) is 38.7 Å². The first-order valence-electron chi connectivity index (χ1n) is 17.8. The average Bonchev–Trinajstić information content (AvgIpc) is 3.62. The fourth-order valence-corrected chi connectivity index (χ4v) is 8.52. The van der Waals surface area contributed by atoms with Crippen LogP contribution in [0.25, 0.3) is 98.5 Å². The molecule has 0 aliphatic carbocycles. The molecule has 0 N–H and O–H groups in total. The lowest BCUT2D eigenvalue weighted by atomic mass is 9.91. The third-order valence-corrected chi connectivity index (χ3v) is 11.1. The SMILES string of the molecule is c1ccc(-c2cccc(-c3nc(-c4ccccc4)nc(-c4cccc5sc6ccc(-c7ccc(-c8ccccc8)c8ccccc78)cc6c45)n3)c2)cc1. The maximum Gasteiger partial charge on any atom is 0.164 e. The van der Waals surface area contributed by atoms with Crippen molar-refractivity contribution in [3.63, 3.8) is 0 Å². The molecule has 0 amide bonds. The van der Waals surface area contributed by atoms with E-state index in [0.29, 0.717) is 17.5 Å². The summed E-state index contributed by atoms with van der Waals surface area (Å²) < 4.78 is 2.43. The zero-order valence-electron chi connectivity index (χ0n) is 28.6. The molecule has 0 aliphatic heterocycles. The summed E-state index contributed by atoms with van der Waals surface area (Å²) in [6.07, 6.45) is 0. The van der Waals surface area contributed by atoms with Crippen molar-refractivity contribution in [3.8, 4) is 67.5 Å². The maximum absolute atomic E-state index is 5.21. The van der Waals surface area contributed by atoms with Crippen LogP contribution >= 0.6 is 11.3 Å². The molecule has 0 saturated heterocycles. The molecule has 8 aromatic carbocycles. The second kappa shape index (κ2) is 13.1.